The first-order valence-electron chi connectivity index (χ1n) is 6.71. The highest BCUT2D eigenvalue weighted by Crippen LogP contribution is 2.36. The second-order valence-corrected chi connectivity index (χ2v) is 6.38. The lowest BCUT2D eigenvalue weighted by molar-refractivity contribution is -0.155. The van der Waals surface area contributed by atoms with Crippen LogP contribution in [0.5, 0.6) is 0 Å². The molecule has 2 unspecified atom stereocenters. The molecule has 0 saturated carbocycles. The number of piperidine rings is 1. The summed E-state index contributed by atoms with van der Waals surface area (Å²) in [6.45, 7) is 4.79. The SMILES string of the molecule is CC(c1cccc(Br)c1)N1CCCCC1(C)C(=O)O. The third-order valence-electron chi connectivity index (χ3n) is 4.21. The van der Waals surface area contributed by atoms with Crippen molar-refractivity contribution in [3.8, 4) is 0 Å². The van der Waals surface area contributed by atoms with Crippen LogP contribution in [0.15, 0.2) is 28.7 Å². The summed E-state index contributed by atoms with van der Waals surface area (Å²) in [4.78, 5) is 13.8. The lowest BCUT2D eigenvalue weighted by atomic mass is 9.86. The van der Waals surface area contributed by atoms with Gasteiger partial charge in [-0.05, 0) is 57.4 Å². The van der Waals surface area contributed by atoms with Gasteiger partial charge in [-0.3, -0.25) is 9.69 Å². The number of aliphatic carboxylic acids is 1. The molecule has 1 N–H and O–H groups in total. The molecule has 1 aliphatic heterocycles. The van der Waals surface area contributed by atoms with Crippen LogP contribution >= 0.6 is 15.9 Å². The number of carbonyl (C=O) groups is 1. The highest BCUT2D eigenvalue weighted by Gasteiger charge is 2.43. The summed E-state index contributed by atoms with van der Waals surface area (Å²) in [5, 5.41) is 9.57. The van der Waals surface area contributed by atoms with Crippen molar-refractivity contribution in [1.82, 2.24) is 4.90 Å². The maximum absolute atomic E-state index is 11.6. The molecule has 3 nitrogen and oxygen atoms in total. The summed E-state index contributed by atoms with van der Waals surface area (Å²) in [6.07, 6.45) is 2.78. The van der Waals surface area contributed by atoms with Crippen LogP contribution in [0.2, 0.25) is 0 Å². The number of hydrogen-bond donors (Lipinski definition) is 1. The van der Waals surface area contributed by atoms with E-state index in [2.05, 4.69) is 39.9 Å². The van der Waals surface area contributed by atoms with E-state index in [1.165, 1.54) is 0 Å². The predicted molar refractivity (Wildman–Crippen MR) is 79.2 cm³/mol. The van der Waals surface area contributed by atoms with E-state index in [9.17, 15) is 9.90 Å². The van der Waals surface area contributed by atoms with Gasteiger partial charge in [-0.25, -0.2) is 0 Å². The summed E-state index contributed by atoms with van der Waals surface area (Å²) >= 11 is 3.48. The number of nitrogens with zero attached hydrogens (tertiary/aromatic N) is 1. The van der Waals surface area contributed by atoms with Gasteiger partial charge in [0.15, 0.2) is 0 Å². The van der Waals surface area contributed by atoms with Crippen molar-refractivity contribution < 1.29 is 9.90 Å². The largest absolute Gasteiger partial charge is 0.480 e. The van der Waals surface area contributed by atoms with Gasteiger partial charge in [0.05, 0.1) is 0 Å². The maximum atomic E-state index is 11.6. The third kappa shape index (κ3) is 2.84. The van der Waals surface area contributed by atoms with Crippen molar-refractivity contribution in [1.29, 1.82) is 0 Å². The van der Waals surface area contributed by atoms with E-state index in [1.54, 1.807) is 0 Å². The Hall–Kier alpha value is -0.870. The van der Waals surface area contributed by atoms with E-state index >= 15 is 0 Å². The van der Waals surface area contributed by atoms with Gasteiger partial charge in [0, 0.05) is 10.5 Å². The number of benzene rings is 1. The second-order valence-electron chi connectivity index (χ2n) is 5.46. The fourth-order valence-electron chi connectivity index (χ4n) is 2.94. The Balaban J connectivity index is 2.30. The first-order valence-corrected chi connectivity index (χ1v) is 7.50. The van der Waals surface area contributed by atoms with Gasteiger partial charge in [-0.1, -0.05) is 28.1 Å². The normalized spacial score (nSPS) is 26.1. The average Bonchev–Trinajstić information content (AvgIpc) is 2.38. The Labute approximate surface area is 122 Å². The number of likely N-dealkylation sites (tertiary alicyclic amines) is 1. The van der Waals surface area contributed by atoms with E-state index < -0.39 is 11.5 Å². The van der Waals surface area contributed by atoms with Gasteiger partial charge in [0.25, 0.3) is 0 Å². The van der Waals surface area contributed by atoms with E-state index in [4.69, 9.17) is 0 Å². The highest BCUT2D eigenvalue weighted by molar-refractivity contribution is 9.10. The summed E-state index contributed by atoms with van der Waals surface area (Å²) < 4.78 is 1.03. The van der Waals surface area contributed by atoms with Gasteiger partial charge in [0.1, 0.15) is 5.54 Å². The van der Waals surface area contributed by atoms with Crippen LogP contribution in [0.1, 0.15) is 44.7 Å². The quantitative estimate of drug-likeness (QED) is 0.917. The zero-order valence-electron chi connectivity index (χ0n) is 11.4. The standard InChI is InChI=1S/C15H20BrNO2/c1-11(12-6-5-7-13(16)10-12)17-9-4-3-8-15(17,2)14(18)19/h5-7,10-11H,3-4,8-9H2,1-2H3,(H,18,19). The minimum atomic E-state index is -0.750. The number of carboxylic acids is 1. The molecule has 0 bridgehead atoms. The molecule has 0 spiro atoms. The Morgan fingerprint density at radius 3 is 2.84 bits per heavy atom. The van der Waals surface area contributed by atoms with E-state index in [1.807, 2.05) is 19.1 Å². The van der Waals surface area contributed by atoms with Gasteiger partial charge in [0.2, 0.25) is 0 Å². The van der Waals surface area contributed by atoms with Crippen LogP contribution in [0, 0.1) is 0 Å². The molecule has 0 amide bonds. The van der Waals surface area contributed by atoms with Crippen LogP contribution in [-0.2, 0) is 4.79 Å². The molecule has 0 aliphatic carbocycles. The van der Waals surface area contributed by atoms with Crippen LogP contribution in [-0.4, -0.2) is 28.1 Å². The molecular weight excluding hydrogens is 306 g/mol. The fraction of sp³-hybridized carbons (Fsp3) is 0.533. The Morgan fingerprint density at radius 1 is 1.47 bits per heavy atom. The van der Waals surface area contributed by atoms with Gasteiger partial charge in [-0.2, -0.15) is 0 Å². The average molecular weight is 326 g/mol. The minimum absolute atomic E-state index is 0.110. The van der Waals surface area contributed by atoms with Crippen molar-refractivity contribution in [2.24, 2.45) is 0 Å². The number of hydrogen-bond acceptors (Lipinski definition) is 2. The molecule has 1 saturated heterocycles. The topological polar surface area (TPSA) is 40.5 Å². The maximum Gasteiger partial charge on any atom is 0.323 e. The number of carboxylic acid groups (broad SMARTS) is 1. The van der Waals surface area contributed by atoms with Crippen LogP contribution in [0.3, 0.4) is 0 Å². The molecule has 2 atom stereocenters. The lowest BCUT2D eigenvalue weighted by Gasteiger charge is -2.45. The van der Waals surface area contributed by atoms with Crippen molar-refractivity contribution >= 4 is 21.9 Å². The fourth-order valence-corrected chi connectivity index (χ4v) is 3.36. The molecule has 1 aliphatic rings. The summed E-state index contributed by atoms with van der Waals surface area (Å²) in [5.74, 6) is -0.714. The van der Waals surface area contributed by atoms with Crippen LogP contribution in [0.25, 0.3) is 0 Å². The predicted octanol–water partition coefficient (Wildman–Crippen LogP) is 3.84. The molecule has 1 aromatic carbocycles. The Morgan fingerprint density at radius 2 is 2.21 bits per heavy atom. The number of rotatable bonds is 3. The molecule has 104 valence electrons. The molecule has 0 radical (unpaired) electrons. The van der Waals surface area contributed by atoms with Gasteiger partial charge >= 0.3 is 5.97 Å². The van der Waals surface area contributed by atoms with Crippen LogP contribution < -0.4 is 0 Å². The zero-order valence-corrected chi connectivity index (χ0v) is 13.0. The Bertz CT molecular complexity index is 477. The van der Waals surface area contributed by atoms with Crippen molar-refractivity contribution in [3.63, 3.8) is 0 Å². The molecule has 19 heavy (non-hydrogen) atoms. The first-order chi connectivity index (χ1) is 8.95. The Kier molecular flexibility index (Phi) is 4.31. The molecule has 1 heterocycles. The zero-order chi connectivity index (χ0) is 14.0. The lowest BCUT2D eigenvalue weighted by Crippen LogP contribution is -2.55. The van der Waals surface area contributed by atoms with E-state index in [0.717, 1.165) is 35.8 Å². The molecule has 1 fully saturated rings. The summed E-state index contributed by atoms with van der Waals surface area (Å²) in [6, 6.07) is 8.23. The molecule has 2 rings (SSSR count). The second kappa shape index (κ2) is 5.63. The van der Waals surface area contributed by atoms with Crippen LogP contribution in [0.4, 0.5) is 0 Å². The van der Waals surface area contributed by atoms with Crippen molar-refractivity contribution in [2.75, 3.05) is 6.54 Å². The summed E-state index contributed by atoms with van der Waals surface area (Å²) in [7, 11) is 0. The van der Waals surface area contributed by atoms with E-state index in [-0.39, 0.29) is 6.04 Å². The minimum Gasteiger partial charge on any atom is -0.480 e. The molecule has 4 heteroatoms. The van der Waals surface area contributed by atoms with E-state index in [0.29, 0.717) is 0 Å². The molecule has 1 aromatic rings. The monoisotopic (exact) mass is 325 g/mol. The van der Waals surface area contributed by atoms with Crippen molar-refractivity contribution in [3.05, 3.63) is 34.3 Å². The first kappa shape index (κ1) is 14.5. The highest BCUT2D eigenvalue weighted by atomic mass is 79.9. The number of halogens is 1. The van der Waals surface area contributed by atoms with Gasteiger partial charge < -0.3 is 5.11 Å². The molecule has 0 aromatic heterocycles. The smallest absolute Gasteiger partial charge is 0.323 e. The third-order valence-corrected chi connectivity index (χ3v) is 4.70. The summed E-state index contributed by atoms with van der Waals surface area (Å²) in [5.41, 5.74) is 0.406. The molecular formula is C15H20BrNO2. The van der Waals surface area contributed by atoms with Gasteiger partial charge in [-0.15, -0.1) is 0 Å². The van der Waals surface area contributed by atoms with Crippen molar-refractivity contribution in [2.45, 2.75) is 44.7 Å².